The average Bonchev–Trinajstić information content (AvgIpc) is 2.78. The van der Waals surface area contributed by atoms with Crippen LogP contribution in [0.4, 0.5) is 13.2 Å². The van der Waals surface area contributed by atoms with Crippen LogP contribution in [0.5, 0.6) is 0 Å². The predicted molar refractivity (Wildman–Crippen MR) is 74.3 cm³/mol. The lowest BCUT2D eigenvalue weighted by Gasteiger charge is -2.17. The summed E-state index contributed by atoms with van der Waals surface area (Å²) < 4.78 is 37.6. The van der Waals surface area contributed by atoms with E-state index in [9.17, 15) is 13.2 Å². The maximum atomic E-state index is 10.6. The third-order valence-electron chi connectivity index (χ3n) is 3.44. The summed E-state index contributed by atoms with van der Waals surface area (Å²) in [4.78, 5) is 13.4. The van der Waals surface area contributed by atoms with Crippen molar-refractivity contribution >= 4 is 11.9 Å². The van der Waals surface area contributed by atoms with Crippen molar-refractivity contribution in [1.29, 1.82) is 0 Å². The van der Waals surface area contributed by atoms with Crippen molar-refractivity contribution in [3.05, 3.63) is 0 Å². The number of carboxylic acids is 1. The van der Waals surface area contributed by atoms with Gasteiger partial charge in [0.1, 0.15) is 6.23 Å². The number of hydrogen-bond donors (Lipinski definition) is 3. The number of nitrogens with two attached hydrogens (primary N) is 1. The van der Waals surface area contributed by atoms with Gasteiger partial charge in [0.05, 0.1) is 12.1 Å². The summed E-state index contributed by atoms with van der Waals surface area (Å²) in [6, 6.07) is 0.275. The van der Waals surface area contributed by atoms with Crippen molar-refractivity contribution in [2.75, 3.05) is 0 Å². The van der Waals surface area contributed by atoms with Crippen molar-refractivity contribution < 1.29 is 27.8 Å². The van der Waals surface area contributed by atoms with Crippen LogP contribution in [0.25, 0.3) is 0 Å². The molecule has 0 aromatic heterocycles. The fourth-order valence-electron chi connectivity index (χ4n) is 2.37. The van der Waals surface area contributed by atoms with E-state index < -0.39 is 12.1 Å². The van der Waals surface area contributed by atoms with Crippen molar-refractivity contribution in [3.63, 3.8) is 0 Å². The van der Waals surface area contributed by atoms with Crippen molar-refractivity contribution in [2.24, 2.45) is 10.7 Å². The Balaban J connectivity index is 0.000000295. The van der Waals surface area contributed by atoms with Gasteiger partial charge in [0.25, 0.3) is 0 Å². The van der Waals surface area contributed by atoms with Gasteiger partial charge in [-0.3, -0.25) is 0 Å². The topological polar surface area (TPSA) is 96.9 Å². The first-order valence-electron chi connectivity index (χ1n) is 7.29. The van der Waals surface area contributed by atoms with E-state index in [1.807, 2.05) is 0 Å². The molecule has 2 heterocycles. The number of nitrogens with zero attached hydrogens (tertiary/aromatic N) is 1. The van der Waals surface area contributed by atoms with Crippen LogP contribution in [0.2, 0.25) is 0 Å². The van der Waals surface area contributed by atoms with Crippen LogP contribution >= 0.6 is 0 Å². The minimum Gasteiger partial charge on any atom is -0.475 e. The Morgan fingerprint density at radius 3 is 2.64 bits per heavy atom. The number of rotatable bonds is 4. The molecule has 1 fully saturated rings. The third-order valence-corrected chi connectivity index (χ3v) is 3.44. The van der Waals surface area contributed by atoms with E-state index >= 15 is 0 Å². The molecule has 9 heteroatoms. The number of halogens is 3. The zero-order chi connectivity index (χ0) is 16.8. The monoisotopic (exact) mass is 325 g/mol. The second-order valence-corrected chi connectivity index (χ2v) is 5.27. The van der Waals surface area contributed by atoms with E-state index in [4.69, 9.17) is 20.4 Å². The molecule has 128 valence electrons. The van der Waals surface area contributed by atoms with Gasteiger partial charge in [0.2, 0.25) is 0 Å². The molecular formula is C13H22F3N3O3. The summed E-state index contributed by atoms with van der Waals surface area (Å²) in [6.45, 7) is 2.22. The number of aliphatic carboxylic acids is 1. The fraction of sp³-hybridized carbons (Fsp3) is 0.846. The zero-order valence-electron chi connectivity index (χ0n) is 12.4. The van der Waals surface area contributed by atoms with Gasteiger partial charge in [-0.05, 0) is 19.3 Å². The standard InChI is InChI=1S/C11H21N3O.C2HF3O2/c1-2-3-4-5-8-9-6-7-10(15-9)14-11(12)13-8;3-2(4,5)1(6)7/h8-10H,2-7H2,1H3,(H3,12,13,14);(H,6,7)/t8-,9+,10-;/m1./s1. The lowest BCUT2D eigenvalue weighted by atomic mass is 10.0. The van der Waals surface area contributed by atoms with E-state index in [0.29, 0.717) is 12.1 Å². The van der Waals surface area contributed by atoms with Crippen LogP contribution in [0, 0.1) is 0 Å². The lowest BCUT2D eigenvalue weighted by Crippen LogP contribution is -2.38. The van der Waals surface area contributed by atoms with Gasteiger partial charge in [0, 0.05) is 0 Å². The van der Waals surface area contributed by atoms with E-state index in [1.54, 1.807) is 0 Å². The molecule has 0 amide bonds. The Labute approximate surface area is 126 Å². The normalized spacial score (nSPS) is 27.1. The van der Waals surface area contributed by atoms with Crippen LogP contribution in [-0.4, -0.2) is 41.6 Å². The number of unbranched alkanes of at least 4 members (excludes halogenated alkanes) is 2. The maximum Gasteiger partial charge on any atom is 0.490 e. The average molecular weight is 325 g/mol. The molecule has 0 aromatic rings. The molecule has 2 aliphatic heterocycles. The van der Waals surface area contributed by atoms with Crippen LogP contribution < -0.4 is 11.1 Å². The van der Waals surface area contributed by atoms with Crippen molar-refractivity contribution in [1.82, 2.24) is 5.32 Å². The maximum absolute atomic E-state index is 10.6. The highest BCUT2D eigenvalue weighted by atomic mass is 19.4. The summed E-state index contributed by atoms with van der Waals surface area (Å²) >= 11 is 0. The summed E-state index contributed by atoms with van der Waals surface area (Å²) in [7, 11) is 0. The lowest BCUT2D eigenvalue weighted by molar-refractivity contribution is -0.192. The summed E-state index contributed by atoms with van der Waals surface area (Å²) in [5, 5.41) is 10.2. The molecule has 3 atom stereocenters. The first-order chi connectivity index (χ1) is 10.2. The third kappa shape index (κ3) is 6.08. The molecule has 22 heavy (non-hydrogen) atoms. The predicted octanol–water partition coefficient (Wildman–Crippen LogP) is 1.99. The number of hydrogen-bond acceptors (Lipinski definition) is 5. The Hall–Kier alpha value is -1.51. The highest BCUT2D eigenvalue weighted by Gasteiger charge is 2.38. The number of nitrogens with one attached hydrogen (secondary N) is 1. The number of carboxylic acid groups (broad SMARTS) is 1. The fourth-order valence-corrected chi connectivity index (χ4v) is 2.37. The number of ether oxygens (including phenoxy) is 1. The SMILES string of the molecule is CCCCC[C@H]1N=C(N)N[C@H]2CC[C@@H]1O2.O=C(O)C(F)(F)F. The van der Waals surface area contributed by atoms with Gasteiger partial charge < -0.3 is 20.9 Å². The molecule has 0 radical (unpaired) electrons. The molecule has 0 aliphatic carbocycles. The molecule has 0 spiro atoms. The Morgan fingerprint density at radius 2 is 2.09 bits per heavy atom. The van der Waals surface area contributed by atoms with Crippen LogP contribution in [-0.2, 0) is 9.53 Å². The van der Waals surface area contributed by atoms with Crippen LogP contribution in [0.3, 0.4) is 0 Å². The van der Waals surface area contributed by atoms with Crippen molar-refractivity contribution in [3.8, 4) is 0 Å². The second-order valence-electron chi connectivity index (χ2n) is 5.27. The number of carbonyl (C=O) groups is 1. The number of aliphatic imine (C=N–C) groups is 1. The van der Waals surface area contributed by atoms with Gasteiger partial charge in [-0.1, -0.05) is 26.2 Å². The summed E-state index contributed by atoms with van der Waals surface area (Å²) in [5.74, 6) is -2.20. The molecule has 0 aromatic carbocycles. The smallest absolute Gasteiger partial charge is 0.475 e. The molecular weight excluding hydrogens is 303 g/mol. The largest absolute Gasteiger partial charge is 0.490 e. The Morgan fingerprint density at radius 1 is 1.45 bits per heavy atom. The highest BCUT2D eigenvalue weighted by Crippen LogP contribution is 2.27. The number of alkyl halides is 3. The summed E-state index contributed by atoms with van der Waals surface area (Å²) in [5.41, 5.74) is 5.77. The van der Waals surface area contributed by atoms with Gasteiger partial charge in [-0.15, -0.1) is 0 Å². The molecule has 0 unspecified atom stereocenters. The van der Waals surface area contributed by atoms with E-state index in [-0.39, 0.29) is 12.3 Å². The molecule has 2 rings (SSSR count). The Bertz CT molecular complexity index is 402. The highest BCUT2D eigenvalue weighted by molar-refractivity contribution is 5.78. The summed E-state index contributed by atoms with van der Waals surface area (Å²) in [6.07, 6.45) is 2.34. The molecule has 2 bridgehead atoms. The molecule has 0 saturated carbocycles. The molecule has 4 N–H and O–H groups in total. The number of guanidine groups is 1. The van der Waals surface area contributed by atoms with Gasteiger partial charge >= 0.3 is 12.1 Å². The molecule has 2 aliphatic rings. The van der Waals surface area contributed by atoms with Crippen molar-refractivity contribution in [2.45, 2.75) is 70.0 Å². The van der Waals surface area contributed by atoms with Crippen LogP contribution in [0.15, 0.2) is 4.99 Å². The molecule has 6 nitrogen and oxygen atoms in total. The molecule has 1 saturated heterocycles. The minimum atomic E-state index is -5.08. The van der Waals surface area contributed by atoms with E-state index in [1.165, 1.54) is 19.3 Å². The Kier molecular flexibility index (Phi) is 6.92. The van der Waals surface area contributed by atoms with E-state index in [0.717, 1.165) is 19.3 Å². The quantitative estimate of drug-likeness (QED) is 0.687. The van der Waals surface area contributed by atoms with E-state index in [2.05, 4.69) is 17.2 Å². The first-order valence-corrected chi connectivity index (χ1v) is 7.29. The van der Waals surface area contributed by atoms with Gasteiger partial charge in [-0.2, -0.15) is 13.2 Å². The first kappa shape index (κ1) is 18.5. The van der Waals surface area contributed by atoms with Crippen LogP contribution in [0.1, 0.15) is 45.4 Å². The van der Waals surface area contributed by atoms with Gasteiger partial charge in [-0.25, -0.2) is 9.79 Å². The zero-order valence-corrected chi connectivity index (χ0v) is 12.4. The second kappa shape index (κ2) is 8.21. The number of fused-ring (bicyclic) bond motifs is 2. The minimum absolute atomic E-state index is 0.106. The van der Waals surface area contributed by atoms with Gasteiger partial charge in [0.15, 0.2) is 5.96 Å².